The largest absolute Gasteiger partial charge is 0.494 e. The van der Waals surface area contributed by atoms with E-state index in [0.29, 0.717) is 18.0 Å². The average molecular weight is 383 g/mol. The van der Waals surface area contributed by atoms with Gasteiger partial charge < -0.3 is 9.64 Å². The van der Waals surface area contributed by atoms with E-state index in [1.54, 1.807) is 38.4 Å². The summed E-state index contributed by atoms with van der Waals surface area (Å²) in [4.78, 5) is 13.2. The van der Waals surface area contributed by atoms with Crippen LogP contribution in [0, 0.1) is 0 Å². The number of sulfonamides is 1. The standard InChI is InChI=1S/C17H19ClN2O4S/c1-4-24-14-8-6-13(7-9-14)19-25(22,23)16-11-12(5-10-15(16)18)17(21)20(2)3/h5-11,19H,4H2,1-3H3. The maximum atomic E-state index is 12.6. The number of nitrogens with one attached hydrogen (secondary N) is 1. The number of anilines is 1. The SMILES string of the molecule is CCOc1ccc(NS(=O)(=O)c2cc(C(=O)N(C)C)ccc2Cl)cc1. The summed E-state index contributed by atoms with van der Waals surface area (Å²) in [5.41, 5.74) is 0.602. The highest BCUT2D eigenvalue weighted by atomic mass is 35.5. The highest BCUT2D eigenvalue weighted by Crippen LogP contribution is 2.26. The molecule has 0 spiro atoms. The van der Waals surface area contributed by atoms with Gasteiger partial charge in [0, 0.05) is 25.3 Å². The Morgan fingerprint density at radius 1 is 1.16 bits per heavy atom. The minimum atomic E-state index is -3.94. The number of benzene rings is 2. The molecule has 8 heteroatoms. The predicted octanol–water partition coefficient (Wildman–Crippen LogP) is 3.24. The summed E-state index contributed by atoms with van der Waals surface area (Å²) in [7, 11) is -0.771. The highest BCUT2D eigenvalue weighted by molar-refractivity contribution is 7.92. The van der Waals surface area contributed by atoms with Crippen LogP contribution in [-0.4, -0.2) is 39.9 Å². The first kappa shape index (κ1) is 19.1. The van der Waals surface area contributed by atoms with Crippen molar-refractivity contribution in [3.63, 3.8) is 0 Å². The maximum absolute atomic E-state index is 12.6. The number of hydrogen-bond donors (Lipinski definition) is 1. The van der Waals surface area contributed by atoms with Crippen LogP contribution >= 0.6 is 11.6 Å². The van der Waals surface area contributed by atoms with Crippen molar-refractivity contribution < 1.29 is 17.9 Å². The van der Waals surface area contributed by atoms with E-state index in [4.69, 9.17) is 16.3 Å². The monoisotopic (exact) mass is 382 g/mol. The Morgan fingerprint density at radius 3 is 2.36 bits per heavy atom. The van der Waals surface area contributed by atoms with Crippen molar-refractivity contribution in [2.45, 2.75) is 11.8 Å². The number of nitrogens with zero attached hydrogens (tertiary/aromatic N) is 1. The van der Waals surface area contributed by atoms with E-state index in [1.807, 2.05) is 6.92 Å². The van der Waals surface area contributed by atoms with E-state index >= 15 is 0 Å². The Hall–Kier alpha value is -2.25. The third kappa shape index (κ3) is 4.64. The smallest absolute Gasteiger partial charge is 0.263 e. The number of hydrogen-bond acceptors (Lipinski definition) is 4. The molecule has 2 aromatic carbocycles. The Labute approximate surface area is 152 Å². The molecule has 0 atom stereocenters. The van der Waals surface area contributed by atoms with Gasteiger partial charge in [-0.15, -0.1) is 0 Å². The molecule has 0 saturated heterocycles. The lowest BCUT2D eigenvalue weighted by Gasteiger charge is -2.14. The summed E-state index contributed by atoms with van der Waals surface area (Å²) in [5.74, 6) is 0.330. The molecule has 25 heavy (non-hydrogen) atoms. The van der Waals surface area contributed by atoms with Crippen molar-refractivity contribution in [2.24, 2.45) is 0 Å². The fourth-order valence-electron chi connectivity index (χ4n) is 2.10. The molecule has 0 bridgehead atoms. The van der Waals surface area contributed by atoms with Gasteiger partial charge in [0.1, 0.15) is 10.6 Å². The van der Waals surface area contributed by atoms with Gasteiger partial charge >= 0.3 is 0 Å². The minimum absolute atomic E-state index is 0.0359. The van der Waals surface area contributed by atoms with Gasteiger partial charge in [-0.05, 0) is 49.4 Å². The Kier molecular flexibility index (Phi) is 5.92. The lowest BCUT2D eigenvalue weighted by molar-refractivity contribution is 0.0827. The zero-order valence-corrected chi connectivity index (χ0v) is 15.7. The van der Waals surface area contributed by atoms with Crippen molar-refractivity contribution in [3.05, 3.63) is 53.1 Å². The molecule has 0 aromatic heterocycles. The molecule has 0 aliphatic rings. The molecule has 0 saturated carbocycles. The van der Waals surface area contributed by atoms with Crippen LogP contribution < -0.4 is 9.46 Å². The Balaban J connectivity index is 2.32. The molecule has 2 rings (SSSR count). The summed E-state index contributed by atoms with van der Waals surface area (Å²) < 4.78 is 33.0. The molecule has 0 fully saturated rings. The van der Waals surface area contributed by atoms with Gasteiger partial charge in [-0.25, -0.2) is 8.42 Å². The van der Waals surface area contributed by atoms with Crippen molar-refractivity contribution in [1.82, 2.24) is 4.90 Å². The average Bonchev–Trinajstić information content (AvgIpc) is 2.56. The van der Waals surface area contributed by atoms with Gasteiger partial charge in [0.05, 0.1) is 11.6 Å². The summed E-state index contributed by atoms with van der Waals surface area (Å²) in [5, 5.41) is 0.0359. The lowest BCUT2D eigenvalue weighted by atomic mass is 10.2. The van der Waals surface area contributed by atoms with Crippen molar-refractivity contribution in [2.75, 3.05) is 25.4 Å². The zero-order valence-electron chi connectivity index (χ0n) is 14.1. The molecule has 2 aromatic rings. The second kappa shape index (κ2) is 7.76. The Morgan fingerprint density at radius 2 is 1.80 bits per heavy atom. The van der Waals surface area contributed by atoms with Gasteiger partial charge in [0.25, 0.3) is 15.9 Å². The van der Waals surface area contributed by atoms with E-state index in [0.717, 1.165) is 0 Å². The van der Waals surface area contributed by atoms with Gasteiger partial charge in [-0.1, -0.05) is 11.6 Å². The maximum Gasteiger partial charge on any atom is 0.263 e. The van der Waals surface area contributed by atoms with Crippen LogP contribution in [0.4, 0.5) is 5.69 Å². The predicted molar refractivity (Wildman–Crippen MR) is 97.9 cm³/mol. The Bertz CT molecular complexity index is 865. The summed E-state index contributed by atoms with van der Waals surface area (Å²) in [6.07, 6.45) is 0. The van der Waals surface area contributed by atoms with E-state index < -0.39 is 10.0 Å². The van der Waals surface area contributed by atoms with Gasteiger partial charge in [-0.3, -0.25) is 9.52 Å². The van der Waals surface area contributed by atoms with Crippen LogP contribution in [0.5, 0.6) is 5.75 Å². The molecule has 1 amide bonds. The normalized spacial score (nSPS) is 11.0. The lowest BCUT2D eigenvalue weighted by Crippen LogP contribution is -2.22. The van der Waals surface area contributed by atoms with Crippen LogP contribution in [-0.2, 0) is 10.0 Å². The van der Waals surface area contributed by atoms with Crippen molar-refractivity contribution in [3.8, 4) is 5.75 Å². The molecular weight excluding hydrogens is 364 g/mol. The van der Waals surface area contributed by atoms with E-state index in [1.165, 1.54) is 23.1 Å². The molecule has 0 unspecified atom stereocenters. The van der Waals surface area contributed by atoms with E-state index in [2.05, 4.69) is 4.72 Å². The molecule has 134 valence electrons. The minimum Gasteiger partial charge on any atom is -0.494 e. The molecule has 0 radical (unpaired) electrons. The highest BCUT2D eigenvalue weighted by Gasteiger charge is 2.21. The molecule has 0 aliphatic heterocycles. The molecule has 0 heterocycles. The number of rotatable bonds is 6. The van der Waals surface area contributed by atoms with Crippen LogP contribution in [0.15, 0.2) is 47.4 Å². The third-order valence-corrected chi connectivity index (χ3v) is 5.15. The number of ether oxygens (including phenoxy) is 1. The number of carbonyl (C=O) groups excluding carboxylic acids is 1. The van der Waals surface area contributed by atoms with Crippen molar-refractivity contribution in [1.29, 1.82) is 0 Å². The summed E-state index contributed by atoms with van der Waals surface area (Å²) >= 11 is 6.03. The first-order chi connectivity index (χ1) is 11.7. The first-order valence-corrected chi connectivity index (χ1v) is 9.37. The van der Waals surface area contributed by atoms with Gasteiger partial charge in [0.2, 0.25) is 0 Å². The molecule has 6 nitrogen and oxygen atoms in total. The van der Waals surface area contributed by atoms with Gasteiger partial charge in [-0.2, -0.15) is 0 Å². The van der Waals surface area contributed by atoms with Crippen LogP contribution in [0.1, 0.15) is 17.3 Å². The fraction of sp³-hybridized carbons (Fsp3) is 0.235. The molecule has 0 aliphatic carbocycles. The second-order valence-corrected chi connectivity index (χ2v) is 7.47. The molecular formula is C17H19ClN2O4S. The fourth-order valence-corrected chi connectivity index (χ4v) is 3.68. The quantitative estimate of drug-likeness (QED) is 0.832. The van der Waals surface area contributed by atoms with Crippen molar-refractivity contribution >= 4 is 33.2 Å². The topological polar surface area (TPSA) is 75.7 Å². The van der Waals surface area contributed by atoms with Crippen LogP contribution in [0.25, 0.3) is 0 Å². The third-order valence-electron chi connectivity index (χ3n) is 3.29. The summed E-state index contributed by atoms with van der Waals surface area (Å²) in [6, 6.07) is 10.6. The number of amides is 1. The number of halogens is 1. The van der Waals surface area contributed by atoms with E-state index in [9.17, 15) is 13.2 Å². The van der Waals surface area contributed by atoms with Crippen LogP contribution in [0.3, 0.4) is 0 Å². The van der Waals surface area contributed by atoms with Crippen LogP contribution in [0.2, 0.25) is 5.02 Å². The van der Waals surface area contributed by atoms with Gasteiger partial charge in [0.15, 0.2) is 0 Å². The zero-order chi connectivity index (χ0) is 18.6. The summed E-state index contributed by atoms with van der Waals surface area (Å²) in [6.45, 7) is 2.38. The van der Waals surface area contributed by atoms with E-state index in [-0.39, 0.29) is 21.4 Å². The molecule has 1 N–H and O–H groups in total. The first-order valence-electron chi connectivity index (χ1n) is 7.51. The second-order valence-electron chi connectivity index (χ2n) is 5.41. The number of carbonyl (C=O) groups is 1.